The van der Waals surface area contributed by atoms with Crippen LogP contribution in [0.5, 0.6) is 0 Å². The Morgan fingerprint density at radius 1 is 1.24 bits per heavy atom. The quantitative estimate of drug-likeness (QED) is 0.770. The molecule has 2 fully saturated rings. The van der Waals surface area contributed by atoms with Crippen LogP contribution in [0.3, 0.4) is 0 Å². The zero-order chi connectivity index (χ0) is 12.3. The van der Waals surface area contributed by atoms with Crippen LogP contribution in [0.2, 0.25) is 0 Å². The van der Waals surface area contributed by atoms with E-state index in [4.69, 9.17) is 10.5 Å². The molecule has 2 amide bonds. The third-order valence-electron chi connectivity index (χ3n) is 3.68. The number of nitrogens with zero attached hydrogens (tertiary/aromatic N) is 1. The number of likely N-dealkylation sites (tertiary alicyclic amines) is 1. The average molecular weight is 240 g/mol. The number of hydrogen-bond acceptors (Lipinski definition) is 3. The van der Waals surface area contributed by atoms with Crippen LogP contribution in [0.1, 0.15) is 32.1 Å². The molecule has 0 aliphatic carbocycles. The molecule has 0 aromatic rings. The van der Waals surface area contributed by atoms with Crippen molar-refractivity contribution in [3.8, 4) is 0 Å². The lowest BCUT2D eigenvalue weighted by molar-refractivity contribution is -0.136. The Labute approximate surface area is 101 Å². The van der Waals surface area contributed by atoms with Crippen LogP contribution in [-0.2, 0) is 14.3 Å². The van der Waals surface area contributed by atoms with Crippen molar-refractivity contribution in [1.82, 2.24) is 4.90 Å². The largest absolute Gasteiger partial charge is 0.378 e. The highest BCUT2D eigenvalue weighted by molar-refractivity contribution is 5.79. The van der Waals surface area contributed by atoms with Crippen molar-refractivity contribution >= 4 is 11.8 Å². The summed E-state index contributed by atoms with van der Waals surface area (Å²) in [4.78, 5) is 24.8. The minimum atomic E-state index is -0.240. The molecule has 5 nitrogen and oxygen atoms in total. The molecule has 0 aromatic carbocycles. The fourth-order valence-corrected chi connectivity index (χ4v) is 2.54. The number of amides is 2. The van der Waals surface area contributed by atoms with Gasteiger partial charge >= 0.3 is 0 Å². The van der Waals surface area contributed by atoms with E-state index in [2.05, 4.69) is 0 Å². The smallest absolute Gasteiger partial charge is 0.225 e. The van der Waals surface area contributed by atoms with Crippen molar-refractivity contribution in [2.45, 2.75) is 38.2 Å². The van der Waals surface area contributed by atoms with Gasteiger partial charge in [0.15, 0.2) is 0 Å². The summed E-state index contributed by atoms with van der Waals surface area (Å²) in [6.45, 7) is 2.08. The molecule has 0 radical (unpaired) electrons. The van der Waals surface area contributed by atoms with Gasteiger partial charge in [0.05, 0.1) is 12.5 Å². The van der Waals surface area contributed by atoms with Crippen molar-refractivity contribution < 1.29 is 14.3 Å². The SMILES string of the molecule is NC(=O)C1CCN(C(=O)CC2CCCO2)CC1. The van der Waals surface area contributed by atoms with Gasteiger partial charge in [-0.15, -0.1) is 0 Å². The first-order valence-corrected chi connectivity index (χ1v) is 6.35. The third kappa shape index (κ3) is 3.19. The molecule has 2 aliphatic rings. The second-order valence-electron chi connectivity index (χ2n) is 4.90. The molecule has 5 heteroatoms. The Morgan fingerprint density at radius 3 is 2.47 bits per heavy atom. The minimum Gasteiger partial charge on any atom is -0.378 e. The molecule has 0 saturated carbocycles. The fourth-order valence-electron chi connectivity index (χ4n) is 2.54. The van der Waals surface area contributed by atoms with Crippen LogP contribution >= 0.6 is 0 Å². The van der Waals surface area contributed by atoms with E-state index in [1.165, 1.54) is 0 Å². The molecular formula is C12H20N2O3. The van der Waals surface area contributed by atoms with Crippen molar-refractivity contribution in [2.24, 2.45) is 11.7 Å². The molecule has 2 rings (SSSR count). The van der Waals surface area contributed by atoms with E-state index in [0.717, 1.165) is 19.4 Å². The summed E-state index contributed by atoms with van der Waals surface area (Å²) >= 11 is 0. The summed E-state index contributed by atoms with van der Waals surface area (Å²) in [5.74, 6) is -0.141. The standard InChI is InChI=1S/C12H20N2O3/c13-12(16)9-3-5-14(6-4-9)11(15)8-10-2-1-7-17-10/h9-10H,1-8H2,(H2,13,16). The second kappa shape index (κ2) is 5.49. The number of carbonyl (C=O) groups excluding carboxylic acids is 2. The maximum Gasteiger partial charge on any atom is 0.225 e. The molecule has 2 heterocycles. The maximum absolute atomic E-state index is 12.0. The number of rotatable bonds is 3. The lowest BCUT2D eigenvalue weighted by Gasteiger charge is -2.31. The first-order chi connectivity index (χ1) is 8.16. The molecule has 17 heavy (non-hydrogen) atoms. The molecule has 1 unspecified atom stereocenters. The van der Waals surface area contributed by atoms with E-state index < -0.39 is 0 Å². The van der Waals surface area contributed by atoms with Gasteiger partial charge in [0, 0.05) is 25.6 Å². The molecule has 2 aliphatic heterocycles. The summed E-state index contributed by atoms with van der Waals surface area (Å²) in [7, 11) is 0. The number of ether oxygens (including phenoxy) is 1. The Bertz CT molecular complexity index is 292. The highest BCUT2D eigenvalue weighted by atomic mass is 16.5. The van der Waals surface area contributed by atoms with E-state index in [9.17, 15) is 9.59 Å². The Kier molecular flexibility index (Phi) is 3.99. The number of primary amides is 1. The summed E-state index contributed by atoms with van der Waals surface area (Å²) in [5, 5.41) is 0. The zero-order valence-corrected chi connectivity index (χ0v) is 10.1. The van der Waals surface area contributed by atoms with Gasteiger partial charge in [-0.05, 0) is 25.7 Å². The average Bonchev–Trinajstić information content (AvgIpc) is 2.82. The summed E-state index contributed by atoms with van der Waals surface area (Å²) in [5.41, 5.74) is 5.26. The summed E-state index contributed by atoms with van der Waals surface area (Å²) in [6, 6.07) is 0. The monoisotopic (exact) mass is 240 g/mol. The van der Waals surface area contributed by atoms with Gasteiger partial charge in [-0.2, -0.15) is 0 Å². The first kappa shape index (κ1) is 12.4. The third-order valence-corrected chi connectivity index (χ3v) is 3.68. The van der Waals surface area contributed by atoms with Gasteiger partial charge in [0.2, 0.25) is 11.8 Å². The van der Waals surface area contributed by atoms with Gasteiger partial charge in [-0.25, -0.2) is 0 Å². The van der Waals surface area contributed by atoms with Crippen molar-refractivity contribution in [2.75, 3.05) is 19.7 Å². The Morgan fingerprint density at radius 2 is 1.94 bits per heavy atom. The van der Waals surface area contributed by atoms with E-state index in [0.29, 0.717) is 32.4 Å². The predicted molar refractivity (Wildman–Crippen MR) is 62.1 cm³/mol. The van der Waals surface area contributed by atoms with Gasteiger partial charge < -0.3 is 15.4 Å². The molecular weight excluding hydrogens is 220 g/mol. The van der Waals surface area contributed by atoms with Gasteiger partial charge in [0.25, 0.3) is 0 Å². The fraction of sp³-hybridized carbons (Fsp3) is 0.833. The lowest BCUT2D eigenvalue weighted by Crippen LogP contribution is -2.42. The highest BCUT2D eigenvalue weighted by Crippen LogP contribution is 2.20. The Hall–Kier alpha value is -1.10. The van der Waals surface area contributed by atoms with E-state index in [1.807, 2.05) is 4.90 Å². The molecule has 0 bridgehead atoms. The van der Waals surface area contributed by atoms with Crippen LogP contribution in [0.4, 0.5) is 0 Å². The van der Waals surface area contributed by atoms with Gasteiger partial charge in [-0.3, -0.25) is 9.59 Å². The molecule has 0 aromatic heterocycles. The zero-order valence-electron chi connectivity index (χ0n) is 10.1. The lowest BCUT2D eigenvalue weighted by atomic mass is 9.96. The number of hydrogen-bond donors (Lipinski definition) is 1. The first-order valence-electron chi connectivity index (χ1n) is 6.35. The summed E-state index contributed by atoms with van der Waals surface area (Å²) < 4.78 is 5.45. The van der Waals surface area contributed by atoms with Gasteiger partial charge in [-0.1, -0.05) is 0 Å². The maximum atomic E-state index is 12.0. The molecule has 96 valence electrons. The van der Waals surface area contributed by atoms with Crippen LogP contribution in [0.15, 0.2) is 0 Å². The predicted octanol–water partition coefficient (Wildman–Crippen LogP) is 0.279. The molecule has 2 saturated heterocycles. The Balaban J connectivity index is 1.75. The van der Waals surface area contributed by atoms with E-state index in [-0.39, 0.29) is 23.8 Å². The van der Waals surface area contributed by atoms with Crippen LogP contribution in [0.25, 0.3) is 0 Å². The number of piperidine rings is 1. The summed E-state index contributed by atoms with van der Waals surface area (Å²) in [6.07, 6.45) is 4.04. The van der Waals surface area contributed by atoms with E-state index >= 15 is 0 Å². The molecule has 2 N–H and O–H groups in total. The molecule has 1 atom stereocenters. The van der Waals surface area contributed by atoms with Crippen LogP contribution in [0, 0.1) is 5.92 Å². The molecule has 0 spiro atoms. The van der Waals surface area contributed by atoms with Gasteiger partial charge in [0.1, 0.15) is 0 Å². The highest BCUT2D eigenvalue weighted by Gasteiger charge is 2.28. The topological polar surface area (TPSA) is 72.6 Å². The van der Waals surface area contributed by atoms with Crippen molar-refractivity contribution in [3.05, 3.63) is 0 Å². The minimum absolute atomic E-state index is 0.0539. The number of carbonyl (C=O) groups is 2. The van der Waals surface area contributed by atoms with E-state index in [1.54, 1.807) is 0 Å². The normalized spacial score (nSPS) is 26.1. The van der Waals surface area contributed by atoms with Crippen LogP contribution in [-0.4, -0.2) is 42.5 Å². The van der Waals surface area contributed by atoms with Crippen molar-refractivity contribution in [3.63, 3.8) is 0 Å². The van der Waals surface area contributed by atoms with Crippen LogP contribution < -0.4 is 5.73 Å². The number of nitrogens with two attached hydrogens (primary N) is 1. The van der Waals surface area contributed by atoms with Crippen molar-refractivity contribution in [1.29, 1.82) is 0 Å². The second-order valence-corrected chi connectivity index (χ2v) is 4.90.